The van der Waals surface area contributed by atoms with Crippen LogP contribution in [0, 0.1) is 6.92 Å². The number of nitrogens with one attached hydrogen (secondary N) is 1. The highest BCUT2D eigenvalue weighted by Gasteiger charge is 2.10. The van der Waals surface area contributed by atoms with Gasteiger partial charge in [0.15, 0.2) is 0 Å². The molecule has 1 aromatic rings. The van der Waals surface area contributed by atoms with E-state index in [1.54, 1.807) is 0 Å². The zero-order valence-electron chi connectivity index (χ0n) is 6.86. The van der Waals surface area contributed by atoms with Crippen molar-refractivity contribution in [3.8, 4) is 5.75 Å². The molecule has 12 heavy (non-hydrogen) atoms. The quantitative estimate of drug-likeness (QED) is 0.667. The van der Waals surface area contributed by atoms with Crippen LogP contribution in [0.5, 0.6) is 5.75 Å². The maximum Gasteiger partial charge on any atom is 0.143 e. The fourth-order valence-electron chi connectivity index (χ4n) is 1.27. The van der Waals surface area contributed by atoms with Crippen molar-refractivity contribution in [1.29, 1.82) is 0 Å². The van der Waals surface area contributed by atoms with Gasteiger partial charge in [-0.2, -0.15) is 0 Å². The molecule has 0 saturated carbocycles. The number of hydrogen-bond acceptors (Lipinski definition) is 2. The Balaban J connectivity index is 2.49. The first-order valence-corrected chi connectivity index (χ1v) is 4.32. The minimum absolute atomic E-state index is 0.715. The van der Waals surface area contributed by atoms with Crippen LogP contribution in [0.25, 0.3) is 0 Å². The van der Waals surface area contributed by atoms with Gasteiger partial charge in [0.05, 0.1) is 5.69 Å². The molecule has 0 spiro atoms. The summed E-state index contributed by atoms with van der Waals surface area (Å²) >= 11 is 5.94. The Kier molecular flexibility index (Phi) is 1.85. The smallest absolute Gasteiger partial charge is 0.143 e. The highest BCUT2D eigenvalue weighted by Crippen LogP contribution is 2.32. The first kappa shape index (κ1) is 7.74. The molecule has 1 heterocycles. The second kappa shape index (κ2) is 2.87. The van der Waals surface area contributed by atoms with Crippen LogP contribution in [-0.2, 0) is 0 Å². The summed E-state index contributed by atoms with van der Waals surface area (Å²) in [5.41, 5.74) is 2.12. The maximum absolute atomic E-state index is 5.94. The standard InChI is InChI=1S/C9H10ClNO/c1-6-4-8-9(5-7(6)10)12-3-2-11-8/h4-5,11H,2-3H2,1H3. The summed E-state index contributed by atoms with van der Waals surface area (Å²) in [6.07, 6.45) is 0. The Hall–Kier alpha value is -0.890. The molecule has 1 aliphatic heterocycles. The lowest BCUT2D eigenvalue weighted by Crippen LogP contribution is -2.17. The molecule has 1 N–H and O–H groups in total. The molecule has 0 unspecified atom stereocenters. The Morgan fingerprint density at radius 1 is 1.50 bits per heavy atom. The normalized spacial score (nSPS) is 14.5. The number of rotatable bonds is 0. The van der Waals surface area contributed by atoms with Crippen molar-refractivity contribution in [2.75, 3.05) is 18.5 Å². The van der Waals surface area contributed by atoms with Crippen LogP contribution in [0.2, 0.25) is 5.02 Å². The van der Waals surface area contributed by atoms with E-state index in [1.807, 2.05) is 19.1 Å². The van der Waals surface area contributed by atoms with Crippen LogP contribution in [0.3, 0.4) is 0 Å². The lowest BCUT2D eigenvalue weighted by molar-refractivity contribution is 0.323. The Morgan fingerprint density at radius 3 is 3.17 bits per heavy atom. The molecule has 0 saturated heterocycles. The fourth-order valence-corrected chi connectivity index (χ4v) is 1.42. The van der Waals surface area contributed by atoms with Gasteiger partial charge in [0, 0.05) is 17.6 Å². The summed E-state index contributed by atoms with van der Waals surface area (Å²) in [5, 5.41) is 4.01. The van der Waals surface area contributed by atoms with Crippen LogP contribution in [-0.4, -0.2) is 13.2 Å². The zero-order chi connectivity index (χ0) is 8.55. The highest BCUT2D eigenvalue weighted by atomic mass is 35.5. The topological polar surface area (TPSA) is 21.3 Å². The molecule has 1 aromatic carbocycles. The fraction of sp³-hybridized carbons (Fsp3) is 0.333. The summed E-state index contributed by atoms with van der Waals surface area (Å²) in [6, 6.07) is 3.87. The molecule has 2 nitrogen and oxygen atoms in total. The predicted molar refractivity (Wildman–Crippen MR) is 50.2 cm³/mol. The number of fused-ring (bicyclic) bond motifs is 1. The number of ether oxygens (including phenoxy) is 1. The highest BCUT2D eigenvalue weighted by molar-refractivity contribution is 6.31. The molecule has 0 aliphatic carbocycles. The molecule has 0 amide bonds. The molecule has 1 aliphatic rings. The summed E-state index contributed by atoms with van der Waals surface area (Å²) < 4.78 is 5.41. The van der Waals surface area contributed by atoms with E-state index < -0.39 is 0 Å². The Morgan fingerprint density at radius 2 is 2.33 bits per heavy atom. The van der Waals surface area contributed by atoms with Crippen molar-refractivity contribution < 1.29 is 4.74 Å². The van der Waals surface area contributed by atoms with E-state index in [2.05, 4.69) is 5.32 Å². The number of anilines is 1. The van der Waals surface area contributed by atoms with Gasteiger partial charge in [-0.15, -0.1) is 0 Å². The predicted octanol–water partition coefficient (Wildman–Crippen LogP) is 2.45. The second-order valence-electron chi connectivity index (χ2n) is 2.87. The van der Waals surface area contributed by atoms with Gasteiger partial charge >= 0.3 is 0 Å². The molecular formula is C9H10ClNO. The van der Waals surface area contributed by atoms with E-state index in [1.165, 1.54) is 0 Å². The monoisotopic (exact) mass is 183 g/mol. The Labute approximate surface area is 76.5 Å². The summed E-state index contributed by atoms with van der Waals surface area (Å²) in [7, 11) is 0. The largest absolute Gasteiger partial charge is 0.490 e. The van der Waals surface area contributed by atoms with Crippen LogP contribution >= 0.6 is 11.6 Å². The van der Waals surface area contributed by atoms with E-state index in [-0.39, 0.29) is 0 Å². The zero-order valence-corrected chi connectivity index (χ0v) is 7.61. The lowest BCUT2D eigenvalue weighted by Gasteiger charge is -2.19. The van der Waals surface area contributed by atoms with Crippen molar-refractivity contribution >= 4 is 17.3 Å². The van der Waals surface area contributed by atoms with E-state index in [0.717, 1.165) is 28.6 Å². The molecule has 0 atom stereocenters. The summed E-state index contributed by atoms with van der Waals surface area (Å²) in [4.78, 5) is 0. The average molecular weight is 184 g/mol. The molecule has 0 aromatic heterocycles. The molecule has 0 fully saturated rings. The van der Waals surface area contributed by atoms with Crippen molar-refractivity contribution in [1.82, 2.24) is 0 Å². The van der Waals surface area contributed by atoms with Gasteiger partial charge in [0.25, 0.3) is 0 Å². The molecule has 3 heteroatoms. The van der Waals surface area contributed by atoms with Crippen molar-refractivity contribution in [2.45, 2.75) is 6.92 Å². The molecular weight excluding hydrogens is 174 g/mol. The van der Waals surface area contributed by atoms with Gasteiger partial charge in [0.1, 0.15) is 12.4 Å². The average Bonchev–Trinajstić information content (AvgIpc) is 2.07. The number of halogens is 1. The van der Waals surface area contributed by atoms with E-state index in [4.69, 9.17) is 16.3 Å². The molecule has 0 bridgehead atoms. The van der Waals surface area contributed by atoms with Gasteiger partial charge in [0.2, 0.25) is 0 Å². The van der Waals surface area contributed by atoms with Gasteiger partial charge in [-0.3, -0.25) is 0 Å². The molecule has 0 radical (unpaired) electrons. The number of benzene rings is 1. The van der Waals surface area contributed by atoms with E-state index in [0.29, 0.717) is 6.61 Å². The first-order valence-electron chi connectivity index (χ1n) is 3.94. The summed E-state index contributed by atoms with van der Waals surface area (Å²) in [5.74, 6) is 0.858. The third-order valence-electron chi connectivity index (χ3n) is 1.94. The van der Waals surface area contributed by atoms with Gasteiger partial charge in [-0.05, 0) is 18.6 Å². The van der Waals surface area contributed by atoms with Gasteiger partial charge in [-0.1, -0.05) is 11.6 Å². The number of hydrogen-bond donors (Lipinski definition) is 1. The third kappa shape index (κ3) is 1.23. The molecule has 2 rings (SSSR count). The maximum atomic E-state index is 5.94. The SMILES string of the molecule is Cc1cc2c(cc1Cl)OCCN2. The van der Waals surface area contributed by atoms with Gasteiger partial charge in [-0.25, -0.2) is 0 Å². The minimum atomic E-state index is 0.715. The van der Waals surface area contributed by atoms with Crippen LogP contribution in [0.4, 0.5) is 5.69 Å². The lowest BCUT2D eigenvalue weighted by atomic mass is 10.2. The summed E-state index contributed by atoms with van der Waals surface area (Å²) in [6.45, 7) is 3.57. The van der Waals surface area contributed by atoms with Crippen LogP contribution < -0.4 is 10.1 Å². The second-order valence-corrected chi connectivity index (χ2v) is 3.28. The number of aryl methyl sites for hydroxylation is 1. The van der Waals surface area contributed by atoms with Crippen molar-refractivity contribution in [3.05, 3.63) is 22.7 Å². The first-order chi connectivity index (χ1) is 5.77. The minimum Gasteiger partial charge on any atom is -0.490 e. The Bertz CT molecular complexity index is 281. The van der Waals surface area contributed by atoms with E-state index in [9.17, 15) is 0 Å². The van der Waals surface area contributed by atoms with Crippen molar-refractivity contribution in [2.24, 2.45) is 0 Å². The van der Waals surface area contributed by atoms with Crippen LogP contribution in [0.15, 0.2) is 12.1 Å². The van der Waals surface area contributed by atoms with Crippen LogP contribution in [0.1, 0.15) is 5.56 Å². The van der Waals surface area contributed by atoms with E-state index >= 15 is 0 Å². The molecule has 64 valence electrons. The third-order valence-corrected chi connectivity index (χ3v) is 2.34. The van der Waals surface area contributed by atoms with Crippen molar-refractivity contribution in [3.63, 3.8) is 0 Å². The van der Waals surface area contributed by atoms with Gasteiger partial charge < -0.3 is 10.1 Å².